The Morgan fingerprint density at radius 3 is 2.39 bits per heavy atom. The first-order valence-corrected chi connectivity index (χ1v) is 9.39. The van der Waals surface area contributed by atoms with Crippen LogP contribution in [-0.4, -0.2) is 49.3 Å². The second kappa shape index (κ2) is 11.5. The van der Waals surface area contributed by atoms with E-state index in [-0.39, 0.29) is 30.7 Å². The van der Waals surface area contributed by atoms with Crippen molar-refractivity contribution < 1.29 is 24.2 Å². The number of ether oxygens (including phenoxy) is 2. The number of methoxy groups -OCH3 is 2. The zero-order valence-corrected chi connectivity index (χ0v) is 17.3. The van der Waals surface area contributed by atoms with Crippen LogP contribution in [0.1, 0.15) is 39.2 Å². The number of benzene rings is 1. The molecule has 1 aromatic rings. The van der Waals surface area contributed by atoms with Gasteiger partial charge in [-0.25, -0.2) is 0 Å². The molecule has 0 aliphatic rings. The van der Waals surface area contributed by atoms with Gasteiger partial charge in [0.2, 0.25) is 11.8 Å². The number of aliphatic hydroxyl groups is 1. The van der Waals surface area contributed by atoms with Crippen LogP contribution in [0.15, 0.2) is 18.2 Å². The lowest BCUT2D eigenvalue weighted by atomic mass is 10.0. The molecule has 0 aliphatic carbocycles. The molecule has 5 N–H and O–H groups in total. The van der Waals surface area contributed by atoms with Gasteiger partial charge in [-0.15, -0.1) is 0 Å². The van der Waals surface area contributed by atoms with E-state index in [9.17, 15) is 14.7 Å². The van der Waals surface area contributed by atoms with Crippen LogP contribution in [-0.2, 0) is 16.1 Å². The number of hydrogen-bond acceptors (Lipinski definition) is 6. The number of nitrogens with one attached hydrogen (secondary N) is 2. The Balaban J connectivity index is 2.67. The van der Waals surface area contributed by atoms with Crippen LogP contribution in [0.3, 0.4) is 0 Å². The number of carbonyl (C=O) groups is 2. The van der Waals surface area contributed by atoms with Gasteiger partial charge in [-0.1, -0.05) is 13.8 Å². The van der Waals surface area contributed by atoms with Crippen LogP contribution < -0.4 is 25.8 Å². The van der Waals surface area contributed by atoms with Gasteiger partial charge in [0.15, 0.2) is 0 Å². The fourth-order valence-corrected chi connectivity index (χ4v) is 2.73. The van der Waals surface area contributed by atoms with Crippen molar-refractivity contribution in [1.29, 1.82) is 0 Å². The molecule has 0 heterocycles. The lowest BCUT2D eigenvalue weighted by Crippen LogP contribution is -2.51. The highest BCUT2D eigenvalue weighted by Gasteiger charge is 2.24. The Bertz CT molecular complexity index is 649. The number of carbonyl (C=O) groups excluding carboxylic acids is 2. The molecule has 1 unspecified atom stereocenters. The largest absolute Gasteiger partial charge is 0.497 e. The summed E-state index contributed by atoms with van der Waals surface area (Å²) in [6, 6.07) is 3.90. The molecule has 0 bridgehead atoms. The first-order chi connectivity index (χ1) is 13.2. The normalized spacial score (nSPS) is 14.1. The maximum atomic E-state index is 12.3. The molecule has 8 heteroatoms. The highest BCUT2D eigenvalue weighted by molar-refractivity contribution is 5.83. The highest BCUT2D eigenvalue weighted by atomic mass is 16.5. The number of aliphatic hydroxyl groups excluding tert-OH is 1. The Morgan fingerprint density at radius 1 is 1.18 bits per heavy atom. The van der Waals surface area contributed by atoms with E-state index in [0.29, 0.717) is 17.9 Å². The fourth-order valence-electron chi connectivity index (χ4n) is 2.73. The molecule has 0 radical (unpaired) electrons. The van der Waals surface area contributed by atoms with Crippen LogP contribution in [0, 0.1) is 5.92 Å². The van der Waals surface area contributed by atoms with Crippen molar-refractivity contribution >= 4 is 11.8 Å². The molecule has 3 atom stereocenters. The summed E-state index contributed by atoms with van der Waals surface area (Å²) in [5.41, 5.74) is 6.63. The molecule has 0 fully saturated rings. The summed E-state index contributed by atoms with van der Waals surface area (Å²) in [5.74, 6) is 0.863. The Morgan fingerprint density at radius 2 is 1.86 bits per heavy atom. The summed E-state index contributed by atoms with van der Waals surface area (Å²) in [4.78, 5) is 24.5. The molecule has 0 spiro atoms. The number of hydrogen-bond donors (Lipinski definition) is 4. The van der Waals surface area contributed by atoms with Gasteiger partial charge < -0.3 is 30.9 Å². The van der Waals surface area contributed by atoms with Gasteiger partial charge in [0, 0.05) is 18.5 Å². The van der Waals surface area contributed by atoms with E-state index in [0.717, 1.165) is 5.56 Å². The second-order valence-electron chi connectivity index (χ2n) is 7.25. The van der Waals surface area contributed by atoms with Gasteiger partial charge in [0.25, 0.3) is 0 Å². The summed E-state index contributed by atoms with van der Waals surface area (Å²) < 4.78 is 10.5. The number of nitrogens with two attached hydrogens (primary N) is 1. The maximum absolute atomic E-state index is 12.3. The number of amides is 2. The average Bonchev–Trinajstić information content (AvgIpc) is 2.64. The summed E-state index contributed by atoms with van der Waals surface area (Å²) in [7, 11) is 3.11. The van der Waals surface area contributed by atoms with E-state index >= 15 is 0 Å². The Hall–Kier alpha value is -2.32. The minimum absolute atomic E-state index is 0.0654. The first kappa shape index (κ1) is 23.7. The van der Waals surface area contributed by atoms with Crippen LogP contribution in [0.25, 0.3) is 0 Å². The highest BCUT2D eigenvalue weighted by Crippen LogP contribution is 2.23. The van der Waals surface area contributed by atoms with Crippen molar-refractivity contribution in [2.75, 3.05) is 14.2 Å². The molecule has 2 amide bonds. The van der Waals surface area contributed by atoms with Gasteiger partial charge in [0.05, 0.1) is 32.4 Å². The Labute approximate surface area is 166 Å². The molecule has 0 saturated carbocycles. The summed E-state index contributed by atoms with van der Waals surface area (Å²) in [6.45, 7) is 5.70. The standard InChI is InChI=1S/C20H33N3O5/c1-12(2)8-16(21)20(26)23-17(13(3)24)10-19(25)22-11-14-9-15(27-4)6-7-18(14)28-5/h6-7,9,12-13,16-17,24H,8,10-11,21H2,1-5H3,(H,22,25)(H,23,26)/t13-,16-,17?/m0/s1. The average molecular weight is 396 g/mol. The van der Waals surface area contributed by atoms with Crippen molar-refractivity contribution in [2.24, 2.45) is 11.7 Å². The van der Waals surface area contributed by atoms with Crippen molar-refractivity contribution in [3.8, 4) is 11.5 Å². The Kier molecular flexibility index (Phi) is 9.75. The van der Waals surface area contributed by atoms with Crippen LogP contribution in [0.2, 0.25) is 0 Å². The van der Waals surface area contributed by atoms with Gasteiger partial charge >= 0.3 is 0 Å². The van der Waals surface area contributed by atoms with Gasteiger partial charge in [-0.05, 0) is 37.5 Å². The third-order valence-corrected chi connectivity index (χ3v) is 4.34. The van der Waals surface area contributed by atoms with E-state index in [1.54, 1.807) is 32.4 Å². The van der Waals surface area contributed by atoms with Crippen LogP contribution >= 0.6 is 0 Å². The topological polar surface area (TPSA) is 123 Å². The maximum Gasteiger partial charge on any atom is 0.237 e. The predicted octanol–water partition coefficient (Wildman–Crippen LogP) is 0.949. The summed E-state index contributed by atoms with van der Waals surface area (Å²) in [5, 5.41) is 15.4. The zero-order chi connectivity index (χ0) is 21.3. The molecule has 28 heavy (non-hydrogen) atoms. The molecule has 0 saturated heterocycles. The van der Waals surface area contributed by atoms with E-state index < -0.39 is 18.2 Å². The van der Waals surface area contributed by atoms with Crippen molar-refractivity contribution in [2.45, 2.75) is 58.3 Å². The molecule has 8 nitrogen and oxygen atoms in total. The van der Waals surface area contributed by atoms with E-state index in [1.165, 1.54) is 6.92 Å². The van der Waals surface area contributed by atoms with Crippen LogP contribution in [0.5, 0.6) is 11.5 Å². The minimum atomic E-state index is -0.896. The summed E-state index contributed by atoms with van der Waals surface area (Å²) >= 11 is 0. The predicted molar refractivity (Wildman–Crippen MR) is 107 cm³/mol. The monoisotopic (exact) mass is 395 g/mol. The molecular weight excluding hydrogens is 362 g/mol. The molecule has 0 aliphatic heterocycles. The molecule has 158 valence electrons. The van der Waals surface area contributed by atoms with E-state index in [2.05, 4.69) is 10.6 Å². The first-order valence-electron chi connectivity index (χ1n) is 9.39. The smallest absolute Gasteiger partial charge is 0.237 e. The zero-order valence-electron chi connectivity index (χ0n) is 17.3. The lowest BCUT2D eigenvalue weighted by Gasteiger charge is -2.23. The quantitative estimate of drug-likeness (QED) is 0.442. The van der Waals surface area contributed by atoms with E-state index in [4.69, 9.17) is 15.2 Å². The molecular formula is C20H33N3O5. The van der Waals surface area contributed by atoms with Crippen LogP contribution in [0.4, 0.5) is 0 Å². The minimum Gasteiger partial charge on any atom is -0.497 e. The SMILES string of the molecule is COc1ccc(OC)c(CNC(=O)CC(NC(=O)[C@@H](N)CC(C)C)[C@H](C)O)c1. The fraction of sp³-hybridized carbons (Fsp3) is 0.600. The van der Waals surface area contributed by atoms with Crippen molar-refractivity contribution in [3.63, 3.8) is 0 Å². The second-order valence-corrected chi connectivity index (χ2v) is 7.25. The lowest BCUT2D eigenvalue weighted by molar-refractivity contribution is -0.126. The van der Waals surface area contributed by atoms with Gasteiger partial charge in [-0.3, -0.25) is 9.59 Å². The van der Waals surface area contributed by atoms with E-state index in [1.807, 2.05) is 13.8 Å². The van der Waals surface area contributed by atoms with Gasteiger partial charge in [0.1, 0.15) is 11.5 Å². The third kappa shape index (κ3) is 7.74. The van der Waals surface area contributed by atoms with Gasteiger partial charge in [-0.2, -0.15) is 0 Å². The van der Waals surface area contributed by atoms with Crippen molar-refractivity contribution in [1.82, 2.24) is 10.6 Å². The number of rotatable bonds is 11. The third-order valence-electron chi connectivity index (χ3n) is 4.34. The van der Waals surface area contributed by atoms with Crippen molar-refractivity contribution in [3.05, 3.63) is 23.8 Å². The molecule has 0 aromatic heterocycles. The molecule has 1 rings (SSSR count). The molecule has 1 aromatic carbocycles. The summed E-state index contributed by atoms with van der Waals surface area (Å²) in [6.07, 6.45) is -0.433.